The second kappa shape index (κ2) is 10.3. The van der Waals surface area contributed by atoms with Crippen LogP contribution in [0, 0.1) is 36.5 Å². The summed E-state index contributed by atoms with van der Waals surface area (Å²) in [4.78, 5) is 45.3. The fourth-order valence-electron chi connectivity index (χ4n) is 8.24. The van der Waals surface area contributed by atoms with Gasteiger partial charge in [-0.1, -0.05) is 59.9 Å². The van der Waals surface area contributed by atoms with Crippen molar-refractivity contribution < 1.29 is 27.5 Å². The van der Waals surface area contributed by atoms with E-state index in [0.29, 0.717) is 18.8 Å². The van der Waals surface area contributed by atoms with E-state index in [1.165, 1.54) is 23.5 Å². The fourth-order valence-corrected chi connectivity index (χ4v) is 11.1. The smallest absolute Gasteiger partial charge is 0.416 e. The number of fused-ring (bicyclic) bond motifs is 9. The van der Waals surface area contributed by atoms with E-state index >= 15 is 0 Å². The van der Waals surface area contributed by atoms with Crippen molar-refractivity contribution in [3.05, 3.63) is 110 Å². The Morgan fingerprint density at radius 2 is 1.67 bits per heavy atom. The molecule has 1 aromatic heterocycles. The molecule has 2 aliphatic heterocycles. The van der Waals surface area contributed by atoms with Crippen molar-refractivity contribution in [3.63, 3.8) is 0 Å². The number of halogens is 3. The standard InChI is InChI=1S/C34H27F3N2O4S2/c1-16-7-2-3-8-17(16)15-43-23-12-5-4-11-20(23)24-25-21-14-22(28(25)44-30-29(24)45-33(42)38-30)27-26(21)31(40)39(32(27)41)19-10-6-9-18(13-19)34(35,36)37/h2-13,21-22,24-28H,14-15H2,1H3,(H,38,42)/t21?,22?,24-,25?,26?,27?,28?/m1/s1. The van der Waals surface area contributed by atoms with Crippen molar-refractivity contribution in [3.8, 4) is 5.75 Å². The molecule has 2 aliphatic carbocycles. The SMILES string of the molecule is Cc1ccccc1COc1ccccc1[C@H]1c2sc(=O)[nH]c2SC2C3CC(C4C(=O)N(c5cccc(C(F)(F)F)c5)C(=O)C34)C21. The number of alkyl halides is 3. The van der Waals surface area contributed by atoms with Crippen molar-refractivity contribution >= 4 is 40.6 Å². The number of nitrogens with zero attached hydrogens (tertiary/aromatic N) is 1. The molecule has 230 valence electrons. The molecule has 8 rings (SSSR count). The predicted octanol–water partition coefficient (Wildman–Crippen LogP) is 7.02. The summed E-state index contributed by atoms with van der Waals surface area (Å²) in [6.07, 6.45) is -3.92. The summed E-state index contributed by atoms with van der Waals surface area (Å²) >= 11 is 2.73. The van der Waals surface area contributed by atoms with Crippen molar-refractivity contribution in [2.45, 2.75) is 42.3 Å². The number of thiazole rings is 1. The van der Waals surface area contributed by atoms with Crippen LogP contribution in [0.25, 0.3) is 0 Å². The van der Waals surface area contributed by atoms with Crippen LogP contribution in [0.3, 0.4) is 0 Å². The van der Waals surface area contributed by atoms with Gasteiger partial charge < -0.3 is 9.72 Å². The van der Waals surface area contributed by atoms with Gasteiger partial charge in [0.25, 0.3) is 0 Å². The number of rotatable bonds is 5. The van der Waals surface area contributed by atoms with Crippen LogP contribution in [0.15, 0.2) is 82.6 Å². The summed E-state index contributed by atoms with van der Waals surface area (Å²) in [5.74, 6) is -2.04. The van der Waals surface area contributed by atoms with Gasteiger partial charge in [-0.25, -0.2) is 0 Å². The van der Waals surface area contributed by atoms with Crippen molar-refractivity contribution in [1.82, 2.24) is 4.98 Å². The van der Waals surface area contributed by atoms with E-state index in [1.807, 2.05) is 55.5 Å². The number of amides is 2. The topological polar surface area (TPSA) is 79.5 Å². The van der Waals surface area contributed by atoms with Gasteiger partial charge in [-0.3, -0.25) is 19.3 Å². The lowest BCUT2D eigenvalue weighted by Crippen LogP contribution is -2.42. The van der Waals surface area contributed by atoms with Crippen LogP contribution in [-0.2, 0) is 22.4 Å². The van der Waals surface area contributed by atoms with Gasteiger partial charge in [0.15, 0.2) is 0 Å². The van der Waals surface area contributed by atoms with Crippen LogP contribution in [0.5, 0.6) is 5.75 Å². The van der Waals surface area contributed by atoms with Gasteiger partial charge in [0.2, 0.25) is 11.8 Å². The molecular weight excluding hydrogens is 622 g/mol. The average molecular weight is 649 g/mol. The molecule has 1 N–H and O–H groups in total. The highest BCUT2D eigenvalue weighted by Crippen LogP contribution is 2.69. The number of imide groups is 1. The third kappa shape index (κ3) is 4.41. The molecule has 0 radical (unpaired) electrons. The van der Waals surface area contributed by atoms with Crippen LogP contribution in [0.4, 0.5) is 18.9 Å². The Labute approximate surface area is 264 Å². The molecule has 6 nitrogen and oxygen atoms in total. The van der Waals surface area contributed by atoms with Gasteiger partial charge in [-0.2, -0.15) is 13.2 Å². The Bertz CT molecular complexity index is 1920. The maximum Gasteiger partial charge on any atom is 0.416 e. The number of hydrogen-bond acceptors (Lipinski definition) is 6. The molecule has 4 aromatic rings. The monoisotopic (exact) mass is 648 g/mol. The minimum Gasteiger partial charge on any atom is -0.489 e. The van der Waals surface area contributed by atoms with Gasteiger partial charge >= 0.3 is 11.0 Å². The Hall–Kier alpha value is -3.83. The third-order valence-electron chi connectivity index (χ3n) is 10.1. The minimum absolute atomic E-state index is 0.0424. The van der Waals surface area contributed by atoms with Crippen LogP contribution in [-0.4, -0.2) is 22.0 Å². The second-order valence-corrected chi connectivity index (χ2v) is 14.5. The number of nitrogens with one attached hydrogen (secondary N) is 1. The van der Waals surface area contributed by atoms with E-state index in [-0.39, 0.29) is 39.5 Å². The summed E-state index contributed by atoms with van der Waals surface area (Å²) in [7, 11) is 0. The molecule has 4 aliphatic rings. The van der Waals surface area contributed by atoms with Crippen LogP contribution >= 0.6 is 23.1 Å². The number of aromatic amines is 1. The summed E-state index contributed by atoms with van der Waals surface area (Å²) < 4.78 is 47.0. The summed E-state index contributed by atoms with van der Waals surface area (Å²) in [6.45, 7) is 2.40. The van der Waals surface area contributed by atoms with E-state index in [0.717, 1.165) is 43.6 Å². The largest absolute Gasteiger partial charge is 0.489 e. The molecule has 2 bridgehead atoms. The van der Waals surface area contributed by atoms with Crippen LogP contribution in [0.2, 0.25) is 0 Å². The lowest BCUT2D eigenvalue weighted by Gasteiger charge is -2.43. The van der Waals surface area contributed by atoms with Gasteiger partial charge in [-0.15, -0.1) is 11.8 Å². The van der Waals surface area contributed by atoms with Crippen molar-refractivity contribution in [2.24, 2.45) is 29.6 Å². The van der Waals surface area contributed by atoms with Crippen LogP contribution < -0.4 is 14.5 Å². The first kappa shape index (κ1) is 28.6. The minimum atomic E-state index is -4.60. The molecule has 11 heteroatoms. The Kier molecular flexibility index (Phi) is 6.58. The van der Waals surface area contributed by atoms with Crippen LogP contribution in [0.1, 0.15) is 39.5 Å². The highest BCUT2D eigenvalue weighted by molar-refractivity contribution is 8.00. The molecule has 2 saturated carbocycles. The second-order valence-electron chi connectivity index (χ2n) is 12.3. The number of para-hydroxylation sites is 1. The predicted molar refractivity (Wildman–Crippen MR) is 164 cm³/mol. The Morgan fingerprint density at radius 3 is 2.44 bits per heavy atom. The van der Waals surface area contributed by atoms with Gasteiger partial charge in [0, 0.05) is 21.6 Å². The van der Waals surface area contributed by atoms with E-state index in [4.69, 9.17) is 4.74 Å². The normalized spacial score (nSPS) is 28.3. The zero-order valence-electron chi connectivity index (χ0n) is 23.9. The number of ether oxygens (including phenoxy) is 1. The number of aromatic nitrogens is 1. The van der Waals surface area contributed by atoms with Gasteiger partial charge in [-0.05, 0) is 66.5 Å². The summed E-state index contributed by atoms with van der Waals surface area (Å²) in [5, 5.41) is 0.724. The molecule has 2 amide bonds. The number of thioether (sulfide) groups is 1. The number of benzene rings is 3. The summed E-state index contributed by atoms with van der Waals surface area (Å²) in [6, 6.07) is 20.2. The first-order chi connectivity index (χ1) is 21.6. The molecular formula is C34H27F3N2O4S2. The number of carbonyl (C=O) groups is 2. The highest BCUT2D eigenvalue weighted by atomic mass is 32.2. The number of hydrogen-bond donors (Lipinski definition) is 1. The van der Waals surface area contributed by atoms with E-state index in [1.54, 1.807) is 11.8 Å². The highest BCUT2D eigenvalue weighted by Gasteiger charge is 2.70. The molecule has 7 atom stereocenters. The van der Waals surface area contributed by atoms with E-state index < -0.39 is 35.4 Å². The van der Waals surface area contributed by atoms with Crippen molar-refractivity contribution in [1.29, 1.82) is 0 Å². The number of H-pyrrole nitrogens is 1. The maximum absolute atomic E-state index is 14.0. The summed E-state index contributed by atoms with van der Waals surface area (Å²) in [5.41, 5.74) is 2.15. The van der Waals surface area contributed by atoms with Gasteiger partial charge in [0.05, 0.1) is 28.1 Å². The van der Waals surface area contributed by atoms with E-state index in [9.17, 15) is 27.6 Å². The first-order valence-corrected chi connectivity index (χ1v) is 16.5. The van der Waals surface area contributed by atoms with Gasteiger partial charge in [0.1, 0.15) is 12.4 Å². The lowest BCUT2D eigenvalue weighted by molar-refractivity contribution is -0.137. The Morgan fingerprint density at radius 1 is 0.933 bits per heavy atom. The number of aryl methyl sites for hydroxylation is 1. The molecule has 6 unspecified atom stereocenters. The lowest BCUT2D eigenvalue weighted by atomic mass is 9.68. The fraction of sp³-hybridized carbons (Fsp3) is 0.324. The molecule has 45 heavy (non-hydrogen) atoms. The molecule has 3 heterocycles. The quantitative estimate of drug-likeness (QED) is 0.236. The third-order valence-corrected chi connectivity index (χ3v) is 12.6. The molecule has 3 aromatic carbocycles. The Balaban J connectivity index is 1.18. The first-order valence-electron chi connectivity index (χ1n) is 14.8. The number of anilines is 1. The van der Waals surface area contributed by atoms with Crippen molar-refractivity contribution in [2.75, 3.05) is 4.90 Å². The number of carbonyl (C=O) groups excluding carboxylic acids is 2. The zero-order chi connectivity index (χ0) is 31.2. The van der Waals surface area contributed by atoms with E-state index in [2.05, 4.69) is 4.98 Å². The average Bonchev–Trinajstić information content (AvgIpc) is 3.75. The maximum atomic E-state index is 14.0. The molecule has 1 saturated heterocycles. The zero-order valence-corrected chi connectivity index (χ0v) is 25.5. The molecule has 3 fully saturated rings. The molecule has 0 spiro atoms.